The summed E-state index contributed by atoms with van der Waals surface area (Å²) >= 11 is 0. The summed E-state index contributed by atoms with van der Waals surface area (Å²) in [5.41, 5.74) is 3.75. The van der Waals surface area contributed by atoms with Crippen molar-refractivity contribution in [1.29, 1.82) is 0 Å². The monoisotopic (exact) mass is 497 g/mol. The number of piperidine rings is 1. The number of likely N-dealkylation sites (tertiary alicyclic amines) is 1. The Kier molecular flexibility index (Phi) is 7.14. The minimum Gasteiger partial charge on any atom is -0.494 e. The van der Waals surface area contributed by atoms with Crippen LogP contribution in [0, 0.1) is 23.4 Å². The van der Waals surface area contributed by atoms with E-state index in [0.29, 0.717) is 38.2 Å². The summed E-state index contributed by atoms with van der Waals surface area (Å²) in [5, 5.41) is 0. The van der Waals surface area contributed by atoms with E-state index < -0.39 is 17.5 Å². The number of ether oxygens (including phenoxy) is 1. The Labute approximate surface area is 209 Å². The van der Waals surface area contributed by atoms with Gasteiger partial charge in [0.2, 0.25) is 5.91 Å². The summed E-state index contributed by atoms with van der Waals surface area (Å²) in [6.45, 7) is 3.31. The number of benzene rings is 2. The van der Waals surface area contributed by atoms with Gasteiger partial charge in [-0.25, -0.2) is 13.2 Å². The lowest BCUT2D eigenvalue weighted by Gasteiger charge is -2.35. The summed E-state index contributed by atoms with van der Waals surface area (Å²) in [7, 11) is 1.43. The van der Waals surface area contributed by atoms with Crippen LogP contribution in [0.5, 0.6) is 5.75 Å². The molecule has 36 heavy (non-hydrogen) atoms. The van der Waals surface area contributed by atoms with Gasteiger partial charge in [-0.2, -0.15) is 0 Å². The molecule has 5 rings (SSSR count). The number of carbonyl (C=O) groups is 1. The van der Waals surface area contributed by atoms with E-state index in [2.05, 4.69) is 4.99 Å². The van der Waals surface area contributed by atoms with Crippen molar-refractivity contribution in [3.8, 4) is 5.75 Å². The fourth-order valence-electron chi connectivity index (χ4n) is 5.53. The van der Waals surface area contributed by atoms with Crippen LogP contribution in [0.1, 0.15) is 36.8 Å². The van der Waals surface area contributed by atoms with Crippen molar-refractivity contribution < 1.29 is 22.7 Å². The van der Waals surface area contributed by atoms with E-state index in [1.165, 1.54) is 36.9 Å². The molecule has 0 aromatic heterocycles. The van der Waals surface area contributed by atoms with Gasteiger partial charge in [0.1, 0.15) is 11.6 Å². The van der Waals surface area contributed by atoms with Crippen molar-refractivity contribution >= 4 is 11.6 Å². The van der Waals surface area contributed by atoms with Crippen LogP contribution < -0.4 is 4.74 Å². The highest BCUT2D eigenvalue weighted by Crippen LogP contribution is 2.31. The molecule has 0 bridgehead atoms. The van der Waals surface area contributed by atoms with Crippen molar-refractivity contribution in [3.05, 3.63) is 76.1 Å². The molecule has 0 unspecified atom stereocenters. The van der Waals surface area contributed by atoms with Crippen LogP contribution in [0.4, 0.5) is 13.2 Å². The third-order valence-electron chi connectivity index (χ3n) is 7.46. The Bertz CT molecular complexity index is 1210. The van der Waals surface area contributed by atoms with Crippen molar-refractivity contribution in [3.63, 3.8) is 0 Å². The molecule has 3 heterocycles. The minimum absolute atomic E-state index is 0.0811. The molecule has 190 valence electrons. The molecule has 1 atom stereocenters. The number of rotatable bonds is 6. The van der Waals surface area contributed by atoms with Gasteiger partial charge in [-0.15, -0.1) is 0 Å². The Balaban J connectivity index is 1.21. The Morgan fingerprint density at radius 2 is 1.92 bits per heavy atom. The maximum absolute atomic E-state index is 14.3. The van der Waals surface area contributed by atoms with E-state index in [1.54, 1.807) is 12.1 Å². The first-order valence-electron chi connectivity index (χ1n) is 12.5. The second kappa shape index (κ2) is 10.5. The molecule has 3 aliphatic heterocycles. The van der Waals surface area contributed by atoms with E-state index >= 15 is 0 Å². The summed E-state index contributed by atoms with van der Waals surface area (Å²) < 4.78 is 47.5. The lowest BCUT2D eigenvalue weighted by atomic mass is 9.92. The van der Waals surface area contributed by atoms with Crippen LogP contribution in [-0.2, 0) is 11.3 Å². The van der Waals surface area contributed by atoms with Gasteiger partial charge in [0.25, 0.3) is 0 Å². The summed E-state index contributed by atoms with van der Waals surface area (Å²) in [5.74, 6) is -1.09. The quantitative estimate of drug-likeness (QED) is 0.579. The first kappa shape index (κ1) is 24.6. The van der Waals surface area contributed by atoms with Crippen LogP contribution in [0.2, 0.25) is 0 Å². The molecule has 2 aromatic carbocycles. The fraction of sp³-hybridized carbons (Fsp3) is 0.429. The molecule has 1 amide bonds. The maximum atomic E-state index is 14.3. The van der Waals surface area contributed by atoms with E-state index in [4.69, 9.17) is 4.74 Å². The first-order chi connectivity index (χ1) is 17.4. The van der Waals surface area contributed by atoms with Crippen molar-refractivity contribution in [2.24, 2.45) is 10.9 Å². The molecular formula is C28H30F3N3O2. The molecule has 0 spiro atoms. The maximum Gasteiger partial charge on any atom is 0.223 e. The van der Waals surface area contributed by atoms with E-state index in [9.17, 15) is 18.0 Å². The van der Waals surface area contributed by atoms with Crippen LogP contribution in [-0.4, -0.2) is 61.3 Å². The Morgan fingerprint density at radius 1 is 1.11 bits per heavy atom. The van der Waals surface area contributed by atoms with Gasteiger partial charge in [0.15, 0.2) is 11.6 Å². The standard InChI is InChI=1S/C28H30F3N3O2/c1-36-26-8-7-19(13-25(26)31)28-21-17-34(11-9-20(21)14-32-28)27(35)12-18-4-3-10-33(15-18)16-22-23(29)5-2-6-24(22)30/h2,5-8,13,18H,3-4,9-12,14-17H2,1H3/t18-/m0/s1. The largest absolute Gasteiger partial charge is 0.494 e. The fourth-order valence-corrected chi connectivity index (χ4v) is 5.53. The smallest absolute Gasteiger partial charge is 0.223 e. The molecule has 0 radical (unpaired) electrons. The van der Waals surface area contributed by atoms with Crippen LogP contribution in [0.3, 0.4) is 0 Å². The Hall–Kier alpha value is -3.13. The van der Waals surface area contributed by atoms with Gasteiger partial charge in [0, 0.05) is 43.7 Å². The highest BCUT2D eigenvalue weighted by molar-refractivity contribution is 6.15. The summed E-state index contributed by atoms with van der Waals surface area (Å²) in [6, 6.07) is 8.76. The SMILES string of the molecule is COc1ccc(C2=NCC3=C2CN(C(=O)C[C@@H]2CCCN(Cc4c(F)cccc4F)C2)CC3)cc1F. The third kappa shape index (κ3) is 5.05. The van der Waals surface area contributed by atoms with Crippen molar-refractivity contribution in [2.45, 2.75) is 32.2 Å². The number of aliphatic imine (C=N–C) groups is 1. The zero-order chi connectivity index (χ0) is 25.2. The van der Waals surface area contributed by atoms with Gasteiger partial charge in [-0.05, 0) is 73.2 Å². The Morgan fingerprint density at radius 3 is 2.67 bits per heavy atom. The highest BCUT2D eigenvalue weighted by Gasteiger charge is 2.31. The summed E-state index contributed by atoms with van der Waals surface area (Å²) in [6.07, 6.45) is 2.98. The third-order valence-corrected chi connectivity index (χ3v) is 7.46. The highest BCUT2D eigenvalue weighted by atomic mass is 19.1. The van der Waals surface area contributed by atoms with Crippen LogP contribution >= 0.6 is 0 Å². The molecular weight excluding hydrogens is 467 g/mol. The van der Waals surface area contributed by atoms with Gasteiger partial charge < -0.3 is 9.64 Å². The number of hydrogen-bond donors (Lipinski definition) is 0. The molecule has 3 aliphatic rings. The predicted octanol–water partition coefficient (Wildman–Crippen LogP) is 4.75. The average molecular weight is 498 g/mol. The number of amides is 1. The second-order valence-electron chi connectivity index (χ2n) is 9.81. The lowest BCUT2D eigenvalue weighted by molar-refractivity contribution is -0.132. The number of methoxy groups -OCH3 is 1. The molecule has 1 saturated heterocycles. The second-order valence-corrected chi connectivity index (χ2v) is 9.81. The number of hydrogen-bond acceptors (Lipinski definition) is 4. The molecule has 0 N–H and O–H groups in total. The molecule has 0 saturated carbocycles. The van der Waals surface area contributed by atoms with Crippen molar-refractivity contribution in [1.82, 2.24) is 9.80 Å². The van der Waals surface area contributed by atoms with Crippen LogP contribution in [0.15, 0.2) is 52.5 Å². The normalized spacial score (nSPS) is 20.4. The van der Waals surface area contributed by atoms with Gasteiger partial charge in [-0.1, -0.05) is 6.07 Å². The van der Waals surface area contributed by atoms with Crippen molar-refractivity contribution in [2.75, 3.05) is 39.8 Å². The zero-order valence-electron chi connectivity index (χ0n) is 20.4. The number of halogens is 3. The van der Waals surface area contributed by atoms with E-state index in [1.807, 2.05) is 9.80 Å². The molecule has 2 aromatic rings. The van der Waals surface area contributed by atoms with Gasteiger partial charge >= 0.3 is 0 Å². The first-order valence-corrected chi connectivity index (χ1v) is 12.5. The number of nitrogens with zero attached hydrogens (tertiary/aromatic N) is 3. The molecule has 1 fully saturated rings. The van der Waals surface area contributed by atoms with E-state index in [0.717, 1.165) is 37.1 Å². The number of carbonyl (C=O) groups excluding carboxylic acids is 1. The zero-order valence-corrected chi connectivity index (χ0v) is 20.4. The van der Waals surface area contributed by atoms with Gasteiger partial charge in [-0.3, -0.25) is 14.7 Å². The topological polar surface area (TPSA) is 45.1 Å². The molecule has 8 heteroatoms. The van der Waals surface area contributed by atoms with Gasteiger partial charge in [0.05, 0.1) is 19.4 Å². The minimum atomic E-state index is -0.531. The average Bonchev–Trinajstić information content (AvgIpc) is 3.30. The van der Waals surface area contributed by atoms with Crippen LogP contribution in [0.25, 0.3) is 0 Å². The lowest BCUT2D eigenvalue weighted by Crippen LogP contribution is -2.41. The summed E-state index contributed by atoms with van der Waals surface area (Å²) in [4.78, 5) is 21.8. The van der Waals surface area contributed by atoms with E-state index in [-0.39, 0.29) is 29.7 Å². The molecule has 0 aliphatic carbocycles. The molecule has 5 nitrogen and oxygen atoms in total. The predicted molar refractivity (Wildman–Crippen MR) is 132 cm³/mol.